The van der Waals surface area contributed by atoms with Crippen molar-refractivity contribution in [1.82, 2.24) is 5.32 Å². The third-order valence-corrected chi connectivity index (χ3v) is 3.28. The largest absolute Gasteiger partial charge is 0.492 e. The third-order valence-electron chi connectivity index (χ3n) is 3.28. The molecule has 0 aliphatic rings. The van der Waals surface area contributed by atoms with Gasteiger partial charge in [0.05, 0.1) is 18.4 Å². The van der Waals surface area contributed by atoms with Crippen LogP contribution in [0.25, 0.3) is 0 Å². The Morgan fingerprint density at radius 3 is 2.42 bits per heavy atom. The van der Waals surface area contributed by atoms with Gasteiger partial charge in [-0.1, -0.05) is 42.5 Å². The van der Waals surface area contributed by atoms with Gasteiger partial charge in [-0.25, -0.2) is 0 Å². The molecule has 24 heavy (non-hydrogen) atoms. The Kier molecular flexibility index (Phi) is 6.33. The number of ether oxygens (including phenoxy) is 1. The minimum atomic E-state index is -0.876. The fraction of sp³-hybridized carbons (Fsp3) is 0.222. The molecule has 0 bridgehead atoms. The molecular weight excluding hydrogens is 308 g/mol. The molecule has 0 spiro atoms. The minimum absolute atomic E-state index is 0.0522. The Bertz CT molecular complexity index is 688. The zero-order chi connectivity index (χ0) is 17.4. The molecule has 6 heteroatoms. The Hall–Kier alpha value is -2.86. The van der Waals surface area contributed by atoms with Crippen molar-refractivity contribution in [2.45, 2.75) is 13.0 Å². The quantitative estimate of drug-likeness (QED) is 0.707. The maximum atomic E-state index is 12.0. The number of anilines is 1. The van der Waals surface area contributed by atoms with Gasteiger partial charge in [-0.2, -0.15) is 0 Å². The van der Waals surface area contributed by atoms with E-state index in [-0.39, 0.29) is 6.54 Å². The van der Waals surface area contributed by atoms with Crippen LogP contribution in [0.2, 0.25) is 0 Å². The molecule has 0 aliphatic carbocycles. The van der Waals surface area contributed by atoms with Crippen LogP contribution in [0.3, 0.4) is 0 Å². The van der Waals surface area contributed by atoms with Crippen LogP contribution in [0, 0.1) is 0 Å². The normalized spacial score (nSPS) is 11.4. The van der Waals surface area contributed by atoms with E-state index in [2.05, 4.69) is 10.6 Å². The van der Waals surface area contributed by atoms with Crippen molar-refractivity contribution in [3.8, 4) is 5.75 Å². The van der Waals surface area contributed by atoms with Gasteiger partial charge in [0.25, 0.3) is 0 Å². The van der Waals surface area contributed by atoms with Crippen LogP contribution in [0.5, 0.6) is 5.75 Å². The number of amides is 2. The number of para-hydroxylation sites is 2. The molecule has 2 aromatic rings. The number of carbonyl (C=O) groups excluding carboxylic acids is 2. The Balaban J connectivity index is 1.90. The first-order chi connectivity index (χ1) is 11.6. The van der Waals surface area contributed by atoms with Crippen molar-refractivity contribution in [3.05, 3.63) is 60.2 Å². The van der Waals surface area contributed by atoms with Gasteiger partial charge in [0.2, 0.25) is 0 Å². The van der Waals surface area contributed by atoms with Crippen molar-refractivity contribution in [3.63, 3.8) is 0 Å². The Morgan fingerprint density at radius 1 is 1.04 bits per heavy atom. The molecule has 0 radical (unpaired) electrons. The molecule has 2 aromatic carbocycles. The molecule has 0 fully saturated rings. The predicted molar refractivity (Wildman–Crippen MR) is 90.7 cm³/mol. The van der Waals surface area contributed by atoms with E-state index in [4.69, 9.17) is 4.74 Å². The van der Waals surface area contributed by atoms with E-state index in [0.717, 1.165) is 0 Å². The number of carbonyl (C=O) groups is 2. The van der Waals surface area contributed by atoms with Crippen molar-refractivity contribution in [2.75, 3.05) is 18.5 Å². The van der Waals surface area contributed by atoms with E-state index in [0.29, 0.717) is 23.6 Å². The summed E-state index contributed by atoms with van der Waals surface area (Å²) < 4.78 is 5.39. The fourth-order valence-electron chi connectivity index (χ4n) is 2.09. The lowest BCUT2D eigenvalue weighted by Gasteiger charge is -2.13. The highest BCUT2D eigenvalue weighted by Crippen LogP contribution is 2.23. The first-order valence-electron chi connectivity index (χ1n) is 7.65. The number of benzene rings is 2. The van der Waals surface area contributed by atoms with Crippen molar-refractivity contribution in [1.29, 1.82) is 0 Å². The second kappa shape index (κ2) is 8.69. The van der Waals surface area contributed by atoms with Crippen LogP contribution in [-0.4, -0.2) is 30.1 Å². The molecule has 0 unspecified atom stereocenters. The van der Waals surface area contributed by atoms with E-state index in [1.165, 1.54) is 0 Å². The number of aliphatic hydroxyl groups excluding tert-OH is 1. The van der Waals surface area contributed by atoms with Crippen molar-refractivity contribution < 1.29 is 19.4 Å². The molecule has 0 aliphatic heterocycles. The summed E-state index contributed by atoms with van der Waals surface area (Å²) in [4.78, 5) is 23.8. The number of aliphatic hydroxyl groups is 1. The van der Waals surface area contributed by atoms with Crippen LogP contribution >= 0.6 is 0 Å². The summed E-state index contributed by atoms with van der Waals surface area (Å²) in [6, 6.07) is 15.8. The van der Waals surface area contributed by atoms with Gasteiger partial charge in [-0.05, 0) is 24.6 Å². The zero-order valence-corrected chi connectivity index (χ0v) is 13.4. The van der Waals surface area contributed by atoms with Crippen LogP contribution in [0.1, 0.15) is 18.6 Å². The number of nitrogens with one attached hydrogen (secondary N) is 2. The highest BCUT2D eigenvalue weighted by molar-refractivity contribution is 6.39. The lowest BCUT2D eigenvalue weighted by atomic mass is 10.1. The zero-order valence-electron chi connectivity index (χ0n) is 13.4. The Labute approximate surface area is 140 Å². The molecule has 0 saturated heterocycles. The molecule has 6 nitrogen and oxygen atoms in total. The van der Waals surface area contributed by atoms with Crippen molar-refractivity contribution in [2.24, 2.45) is 0 Å². The Morgan fingerprint density at radius 2 is 1.71 bits per heavy atom. The molecule has 1 atom stereocenters. The standard InChI is InChI=1S/C18H20N2O4/c1-2-24-16-11-7-6-10-14(16)20-18(23)17(22)19-12-15(21)13-8-4-3-5-9-13/h3-11,15,21H,2,12H2,1H3,(H,19,22)(H,20,23)/t15-/m1/s1. The van der Waals surface area contributed by atoms with Crippen molar-refractivity contribution >= 4 is 17.5 Å². The number of hydrogen-bond acceptors (Lipinski definition) is 4. The molecule has 0 aromatic heterocycles. The molecular formula is C18H20N2O4. The molecule has 3 N–H and O–H groups in total. The number of hydrogen-bond donors (Lipinski definition) is 3. The lowest BCUT2D eigenvalue weighted by molar-refractivity contribution is -0.136. The molecule has 0 saturated carbocycles. The first-order valence-corrected chi connectivity index (χ1v) is 7.65. The summed E-state index contributed by atoms with van der Waals surface area (Å²) in [5, 5.41) is 14.9. The highest BCUT2D eigenvalue weighted by atomic mass is 16.5. The molecule has 126 valence electrons. The van der Waals surface area contributed by atoms with Crippen LogP contribution in [-0.2, 0) is 9.59 Å². The maximum Gasteiger partial charge on any atom is 0.313 e. The van der Waals surface area contributed by atoms with Gasteiger partial charge >= 0.3 is 11.8 Å². The predicted octanol–water partition coefficient (Wildman–Crippen LogP) is 1.87. The van der Waals surface area contributed by atoms with E-state index < -0.39 is 17.9 Å². The van der Waals surface area contributed by atoms with E-state index >= 15 is 0 Å². The second-order valence-corrected chi connectivity index (χ2v) is 5.02. The second-order valence-electron chi connectivity index (χ2n) is 5.02. The first kappa shape index (κ1) is 17.5. The molecule has 2 rings (SSSR count). The summed E-state index contributed by atoms with van der Waals surface area (Å²) in [6.45, 7) is 2.22. The monoisotopic (exact) mass is 328 g/mol. The summed E-state index contributed by atoms with van der Waals surface area (Å²) in [5.41, 5.74) is 1.09. The van der Waals surface area contributed by atoms with Crippen LogP contribution < -0.4 is 15.4 Å². The van der Waals surface area contributed by atoms with Crippen LogP contribution in [0.15, 0.2) is 54.6 Å². The minimum Gasteiger partial charge on any atom is -0.492 e. The van der Waals surface area contributed by atoms with E-state index in [9.17, 15) is 14.7 Å². The van der Waals surface area contributed by atoms with Crippen LogP contribution in [0.4, 0.5) is 5.69 Å². The van der Waals surface area contributed by atoms with Gasteiger partial charge in [0, 0.05) is 6.54 Å². The average Bonchev–Trinajstić information content (AvgIpc) is 2.62. The van der Waals surface area contributed by atoms with Gasteiger partial charge < -0.3 is 20.5 Å². The van der Waals surface area contributed by atoms with E-state index in [1.54, 1.807) is 48.5 Å². The SMILES string of the molecule is CCOc1ccccc1NC(=O)C(=O)NC[C@@H](O)c1ccccc1. The smallest absolute Gasteiger partial charge is 0.313 e. The molecule has 2 amide bonds. The molecule has 0 heterocycles. The highest BCUT2D eigenvalue weighted by Gasteiger charge is 2.17. The summed E-state index contributed by atoms with van der Waals surface area (Å²) in [6.07, 6.45) is -0.876. The van der Waals surface area contributed by atoms with E-state index in [1.807, 2.05) is 13.0 Å². The van der Waals surface area contributed by atoms with Gasteiger partial charge in [0.15, 0.2) is 0 Å². The topological polar surface area (TPSA) is 87.7 Å². The lowest BCUT2D eigenvalue weighted by Crippen LogP contribution is -2.37. The van der Waals surface area contributed by atoms with Gasteiger partial charge in [0.1, 0.15) is 5.75 Å². The summed E-state index contributed by atoms with van der Waals surface area (Å²) >= 11 is 0. The van der Waals surface area contributed by atoms with Gasteiger partial charge in [-0.3, -0.25) is 9.59 Å². The summed E-state index contributed by atoms with van der Waals surface area (Å²) in [7, 11) is 0. The third kappa shape index (κ3) is 4.82. The summed E-state index contributed by atoms with van der Waals surface area (Å²) in [5.74, 6) is -1.15. The van der Waals surface area contributed by atoms with Gasteiger partial charge in [-0.15, -0.1) is 0 Å². The maximum absolute atomic E-state index is 12.0. The average molecular weight is 328 g/mol. The number of rotatable bonds is 6. The fourth-order valence-corrected chi connectivity index (χ4v) is 2.09.